The third-order valence-corrected chi connectivity index (χ3v) is 8.84. The highest BCUT2D eigenvalue weighted by Crippen LogP contribution is 2.34. The monoisotopic (exact) mass is 738 g/mol. The van der Waals surface area contributed by atoms with E-state index >= 15 is 0 Å². The zero-order valence-electron chi connectivity index (χ0n) is 28.3. The lowest BCUT2D eigenvalue weighted by Gasteiger charge is -2.43. The lowest BCUT2D eigenvalue weighted by atomic mass is 9.98. The van der Waals surface area contributed by atoms with E-state index in [-0.39, 0.29) is 28.2 Å². The second-order valence-electron chi connectivity index (χ2n) is 12.5. The molecule has 0 bridgehead atoms. The van der Waals surface area contributed by atoms with Gasteiger partial charge in [0.15, 0.2) is 17.8 Å². The summed E-state index contributed by atoms with van der Waals surface area (Å²) in [5.74, 6) is -0.894. The van der Waals surface area contributed by atoms with Gasteiger partial charge in [0.1, 0.15) is 76.4 Å². The maximum Gasteiger partial charge on any atom is 0.331 e. The highest BCUT2D eigenvalue weighted by atomic mass is 16.7. The smallest absolute Gasteiger partial charge is 0.331 e. The summed E-state index contributed by atoms with van der Waals surface area (Å²) in [6, 6.07) is 16.1. The number of phenols is 2. The quantitative estimate of drug-likeness (QED) is 0.0892. The van der Waals surface area contributed by atoms with Gasteiger partial charge in [-0.15, -0.1) is 0 Å². The van der Waals surface area contributed by atoms with Gasteiger partial charge in [0.25, 0.3) is 0 Å². The summed E-state index contributed by atoms with van der Waals surface area (Å²) in [6.45, 7) is 0.889. The number of aromatic hydroxyl groups is 2. The number of hydrogen-bond donors (Lipinski definition) is 7. The fourth-order valence-electron chi connectivity index (χ4n) is 5.89. The third-order valence-electron chi connectivity index (χ3n) is 8.84. The van der Waals surface area contributed by atoms with Gasteiger partial charge in [-0.2, -0.15) is 0 Å². The molecule has 4 aromatic rings. The number of benzene rings is 3. The number of carbonyl (C=O) groups is 1. The molecule has 0 radical (unpaired) electrons. The van der Waals surface area contributed by atoms with Crippen LogP contribution in [0.3, 0.4) is 0 Å². The second kappa shape index (κ2) is 15.9. The van der Waals surface area contributed by atoms with Gasteiger partial charge >= 0.3 is 5.97 Å². The van der Waals surface area contributed by atoms with Crippen molar-refractivity contribution in [2.45, 2.75) is 68.3 Å². The standard InChI is InChI=1S/C37H38O16/c1-17-30(42)31(43)33(45)36(49-17)48-16-27-35(53-28(41)12-5-18-3-10-21(47-2)11-4-18)32(44)34(46)37(52-27)50-22-13-23(39)29-24(40)15-25(51-26(29)14-22)19-6-8-20(38)9-7-19/h3-15,17,27,30-39,42-46H,16H2,1-2H3/b12-5+/t17-,27-,30-,31+,32+,33-,34+,35-,36+,37+/m0/s1. The van der Waals surface area contributed by atoms with E-state index < -0.39 is 85.2 Å². The molecular weight excluding hydrogens is 700 g/mol. The average molecular weight is 739 g/mol. The van der Waals surface area contributed by atoms with Gasteiger partial charge in [-0.25, -0.2) is 4.79 Å². The summed E-state index contributed by atoms with van der Waals surface area (Å²) >= 11 is 0. The molecule has 3 heterocycles. The normalized spacial score (nSPS) is 28.9. The van der Waals surface area contributed by atoms with Crippen LogP contribution in [0.5, 0.6) is 23.0 Å². The molecule has 2 fully saturated rings. The number of methoxy groups -OCH3 is 1. The number of fused-ring (bicyclic) bond motifs is 1. The number of ether oxygens (including phenoxy) is 6. The van der Waals surface area contributed by atoms with Crippen molar-refractivity contribution in [1.82, 2.24) is 0 Å². The first-order valence-corrected chi connectivity index (χ1v) is 16.5. The Kier molecular flexibility index (Phi) is 11.3. The lowest BCUT2D eigenvalue weighted by Crippen LogP contribution is -2.62. The fourth-order valence-corrected chi connectivity index (χ4v) is 5.89. The SMILES string of the molecule is COc1ccc(/C=C/C(=O)O[C@@H]2[C@H](O)[C@@H](O)[C@H](Oc3cc(O)c4c(=O)cc(-c5ccc(O)cc5)oc4c3)O[C@H]2CO[C@@H]2O[C@@H](C)[C@H](O)[C@@H](O)[C@@H]2O)cc1. The summed E-state index contributed by atoms with van der Waals surface area (Å²) in [5.41, 5.74) is 0.395. The first-order valence-electron chi connectivity index (χ1n) is 16.5. The van der Waals surface area contributed by atoms with Gasteiger partial charge < -0.3 is 68.6 Å². The minimum atomic E-state index is -1.86. The predicted octanol–water partition coefficient (Wildman–Crippen LogP) is 1.17. The zero-order valence-corrected chi connectivity index (χ0v) is 28.3. The number of carbonyl (C=O) groups excluding carboxylic acids is 1. The third kappa shape index (κ3) is 8.30. The van der Waals surface area contributed by atoms with Crippen LogP contribution < -0.4 is 14.9 Å². The van der Waals surface area contributed by atoms with Gasteiger partial charge in [0, 0.05) is 29.8 Å². The number of aliphatic hydroxyl groups is 5. The number of rotatable bonds is 10. The van der Waals surface area contributed by atoms with Crippen molar-refractivity contribution in [2.75, 3.05) is 13.7 Å². The molecule has 0 spiro atoms. The predicted molar refractivity (Wildman–Crippen MR) is 183 cm³/mol. The number of aliphatic hydroxyl groups excluding tert-OH is 5. The van der Waals surface area contributed by atoms with Crippen LogP contribution in [0.1, 0.15) is 12.5 Å². The molecule has 0 aliphatic carbocycles. The Bertz CT molecular complexity index is 1980. The molecule has 0 amide bonds. The van der Waals surface area contributed by atoms with Crippen molar-refractivity contribution in [1.29, 1.82) is 0 Å². The highest BCUT2D eigenvalue weighted by Gasteiger charge is 2.49. The summed E-state index contributed by atoms with van der Waals surface area (Å²) in [4.78, 5) is 25.9. The Hall–Kier alpha value is -5.04. The Labute approximate surface area is 301 Å². The number of esters is 1. The van der Waals surface area contributed by atoms with E-state index in [4.69, 9.17) is 32.8 Å². The zero-order chi connectivity index (χ0) is 38.0. The molecule has 1 aromatic heterocycles. The summed E-state index contributed by atoms with van der Waals surface area (Å²) < 4.78 is 39.5. The van der Waals surface area contributed by atoms with E-state index in [1.54, 1.807) is 24.3 Å². The molecule has 282 valence electrons. The molecule has 16 heteroatoms. The van der Waals surface area contributed by atoms with Gasteiger partial charge in [-0.3, -0.25) is 4.79 Å². The Morgan fingerprint density at radius 1 is 0.811 bits per heavy atom. The van der Waals surface area contributed by atoms with Crippen molar-refractivity contribution in [3.8, 4) is 34.3 Å². The molecule has 7 N–H and O–H groups in total. The van der Waals surface area contributed by atoms with Crippen LogP contribution in [0.25, 0.3) is 28.4 Å². The molecule has 6 rings (SSSR count). The first-order chi connectivity index (χ1) is 25.3. The molecule has 0 unspecified atom stereocenters. The molecule has 10 atom stereocenters. The van der Waals surface area contributed by atoms with Crippen LogP contribution in [0.4, 0.5) is 0 Å². The van der Waals surface area contributed by atoms with Crippen molar-refractivity contribution in [3.05, 3.63) is 88.6 Å². The fraction of sp³-hybridized carbons (Fsp3) is 0.351. The highest BCUT2D eigenvalue weighted by molar-refractivity contribution is 5.87. The molecule has 0 saturated carbocycles. The molecule has 16 nitrogen and oxygen atoms in total. The molecule has 2 aliphatic rings. The van der Waals surface area contributed by atoms with E-state index in [2.05, 4.69) is 0 Å². The number of phenolic OH excluding ortho intramolecular Hbond substituents is 2. The van der Waals surface area contributed by atoms with Crippen LogP contribution >= 0.6 is 0 Å². The van der Waals surface area contributed by atoms with E-state index in [0.717, 1.165) is 12.1 Å². The van der Waals surface area contributed by atoms with Crippen LogP contribution in [-0.4, -0.2) is 117 Å². The Morgan fingerprint density at radius 3 is 2.21 bits per heavy atom. The van der Waals surface area contributed by atoms with Gasteiger partial charge in [0.05, 0.1) is 19.8 Å². The molecule has 2 saturated heterocycles. The largest absolute Gasteiger partial charge is 0.508 e. The summed E-state index contributed by atoms with van der Waals surface area (Å²) in [6.07, 6.45) is -13.0. The van der Waals surface area contributed by atoms with Crippen LogP contribution in [-0.2, 0) is 23.7 Å². The minimum absolute atomic E-state index is 0.00225. The van der Waals surface area contributed by atoms with E-state index in [9.17, 15) is 45.3 Å². The summed E-state index contributed by atoms with van der Waals surface area (Å²) in [5, 5.41) is 73.3. The topological polar surface area (TPSA) is 244 Å². The molecule has 2 aliphatic heterocycles. The van der Waals surface area contributed by atoms with Crippen LogP contribution in [0.15, 0.2) is 82.0 Å². The van der Waals surface area contributed by atoms with E-state index in [0.29, 0.717) is 16.9 Å². The Morgan fingerprint density at radius 2 is 1.51 bits per heavy atom. The Balaban J connectivity index is 1.24. The van der Waals surface area contributed by atoms with Crippen molar-refractivity contribution in [2.24, 2.45) is 0 Å². The number of hydrogen-bond acceptors (Lipinski definition) is 16. The maximum absolute atomic E-state index is 12.9. The summed E-state index contributed by atoms with van der Waals surface area (Å²) in [7, 11) is 1.51. The maximum atomic E-state index is 12.9. The van der Waals surface area contributed by atoms with Crippen molar-refractivity contribution >= 4 is 23.0 Å². The van der Waals surface area contributed by atoms with E-state index in [1.807, 2.05) is 0 Å². The van der Waals surface area contributed by atoms with Gasteiger partial charge in [-0.05, 0) is 55.0 Å². The van der Waals surface area contributed by atoms with E-state index in [1.165, 1.54) is 56.5 Å². The molecular formula is C37H38O16. The van der Waals surface area contributed by atoms with Gasteiger partial charge in [-0.1, -0.05) is 12.1 Å². The lowest BCUT2D eigenvalue weighted by molar-refractivity contribution is -0.319. The van der Waals surface area contributed by atoms with Gasteiger partial charge in [0.2, 0.25) is 6.29 Å². The average Bonchev–Trinajstić information content (AvgIpc) is 3.14. The second-order valence-corrected chi connectivity index (χ2v) is 12.5. The van der Waals surface area contributed by atoms with Crippen molar-refractivity contribution < 1.29 is 73.4 Å². The molecule has 3 aromatic carbocycles. The van der Waals surface area contributed by atoms with Crippen molar-refractivity contribution in [3.63, 3.8) is 0 Å². The van der Waals surface area contributed by atoms with Crippen LogP contribution in [0.2, 0.25) is 0 Å². The first kappa shape index (κ1) is 37.7. The van der Waals surface area contributed by atoms with Crippen LogP contribution in [0, 0.1) is 0 Å². The molecule has 53 heavy (non-hydrogen) atoms. The minimum Gasteiger partial charge on any atom is -0.508 e.